The maximum atomic E-state index is 12.9. The predicted molar refractivity (Wildman–Crippen MR) is 97.1 cm³/mol. The summed E-state index contributed by atoms with van der Waals surface area (Å²) in [5, 5.41) is 7.01. The van der Waals surface area contributed by atoms with Crippen LogP contribution in [0, 0.1) is 0 Å². The van der Waals surface area contributed by atoms with Gasteiger partial charge in [-0.15, -0.1) is 0 Å². The first-order chi connectivity index (χ1) is 13.1. The highest BCUT2D eigenvalue weighted by molar-refractivity contribution is 6.04. The van der Waals surface area contributed by atoms with Crippen LogP contribution in [-0.4, -0.2) is 63.3 Å². The molecule has 27 heavy (non-hydrogen) atoms. The van der Waals surface area contributed by atoms with Crippen molar-refractivity contribution in [3.8, 4) is 0 Å². The van der Waals surface area contributed by atoms with E-state index in [1.807, 2.05) is 0 Å². The highest BCUT2D eigenvalue weighted by Gasteiger charge is 2.27. The molecule has 3 rings (SSSR count). The normalized spacial score (nSPS) is 15.4. The van der Waals surface area contributed by atoms with Crippen molar-refractivity contribution in [1.29, 1.82) is 0 Å². The summed E-state index contributed by atoms with van der Waals surface area (Å²) in [5.74, 6) is -0.719. The van der Waals surface area contributed by atoms with Gasteiger partial charge in [0.1, 0.15) is 0 Å². The number of ether oxygens (including phenoxy) is 1. The standard InChI is InChI=1S/C18H24N6O3/c1-23-14(6-7-21-23)13(12-27-2)22-17(25)15-16(20-9-8-19-15)18(26)24-10-4-3-5-11-24/h6-9,13H,3-5,10-12H2,1-2H3,(H,22,25)/t13-/m0/s1. The number of aromatic nitrogens is 4. The van der Waals surface area contributed by atoms with Crippen LogP contribution in [0.5, 0.6) is 0 Å². The lowest BCUT2D eigenvalue weighted by atomic mass is 10.1. The second-order valence-electron chi connectivity index (χ2n) is 6.47. The topological polar surface area (TPSA) is 102 Å². The zero-order chi connectivity index (χ0) is 19.2. The zero-order valence-electron chi connectivity index (χ0n) is 15.6. The van der Waals surface area contributed by atoms with Crippen LogP contribution in [0.4, 0.5) is 0 Å². The van der Waals surface area contributed by atoms with E-state index in [4.69, 9.17) is 4.74 Å². The fraction of sp³-hybridized carbons (Fsp3) is 0.500. The molecule has 0 unspecified atom stereocenters. The molecule has 0 aromatic carbocycles. The van der Waals surface area contributed by atoms with E-state index in [9.17, 15) is 9.59 Å². The quantitative estimate of drug-likeness (QED) is 0.810. The number of hydrogen-bond donors (Lipinski definition) is 1. The largest absolute Gasteiger partial charge is 0.382 e. The van der Waals surface area contributed by atoms with Crippen LogP contribution in [0.1, 0.15) is 52.0 Å². The van der Waals surface area contributed by atoms with Gasteiger partial charge in [-0.2, -0.15) is 5.10 Å². The number of aryl methyl sites for hydroxylation is 1. The average molecular weight is 372 g/mol. The molecule has 2 aromatic rings. The summed E-state index contributed by atoms with van der Waals surface area (Å²) in [5.41, 5.74) is 0.896. The SMILES string of the molecule is COC[C@H](NC(=O)c1nccnc1C(=O)N1CCCCC1)c1ccnn1C. The van der Waals surface area contributed by atoms with Crippen LogP contribution in [0.25, 0.3) is 0 Å². The second-order valence-corrected chi connectivity index (χ2v) is 6.47. The van der Waals surface area contributed by atoms with E-state index in [1.54, 1.807) is 36.0 Å². The molecule has 1 saturated heterocycles. The van der Waals surface area contributed by atoms with Crippen molar-refractivity contribution in [3.05, 3.63) is 41.7 Å². The molecule has 1 aliphatic heterocycles. The minimum Gasteiger partial charge on any atom is -0.382 e. The fourth-order valence-electron chi connectivity index (χ4n) is 3.23. The van der Waals surface area contributed by atoms with Crippen LogP contribution in [0.3, 0.4) is 0 Å². The minimum absolute atomic E-state index is 0.0244. The van der Waals surface area contributed by atoms with Crippen LogP contribution in [0.2, 0.25) is 0 Å². The molecule has 2 amide bonds. The molecule has 1 aliphatic rings. The average Bonchev–Trinajstić information content (AvgIpc) is 3.13. The molecule has 0 spiro atoms. The molecule has 3 heterocycles. The van der Waals surface area contributed by atoms with Crippen molar-refractivity contribution < 1.29 is 14.3 Å². The Bertz CT molecular complexity index is 800. The first kappa shape index (κ1) is 19.0. The monoisotopic (exact) mass is 372 g/mol. The first-order valence-corrected chi connectivity index (χ1v) is 8.99. The van der Waals surface area contributed by atoms with Crippen molar-refractivity contribution in [2.45, 2.75) is 25.3 Å². The molecule has 2 aromatic heterocycles. The first-order valence-electron chi connectivity index (χ1n) is 8.99. The summed E-state index contributed by atoms with van der Waals surface area (Å²) < 4.78 is 6.89. The third-order valence-electron chi connectivity index (χ3n) is 4.61. The molecule has 9 nitrogen and oxygen atoms in total. The fourth-order valence-corrected chi connectivity index (χ4v) is 3.23. The van der Waals surface area contributed by atoms with Crippen LogP contribution in [-0.2, 0) is 11.8 Å². The van der Waals surface area contributed by atoms with Gasteiger partial charge in [0, 0.05) is 45.8 Å². The maximum Gasteiger partial charge on any atom is 0.274 e. The van der Waals surface area contributed by atoms with Gasteiger partial charge in [0.05, 0.1) is 18.3 Å². The van der Waals surface area contributed by atoms with Crippen molar-refractivity contribution in [1.82, 2.24) is 30.0 Å². The summed E-state index contributed by atoms with van der Waals surface area (Å²) >= 11 is 0. The van der Waals surface area contributed by atoms with E-state index in [0.29, 0.717) is 13.1 Å². The van der Waals surface area contributed by atoms with E-state index < -0.39 is 11.9 Å². The Labute approximate surface area is 157 Å². The maximum absolute atomic E-state index is 12.9. The van der Waals surface area contributed by atoms with Crippen LogP contribution < -0.4 is 5.32 Å². The Morgan fingerprint density at radius 3 is 2.48 bits per heavy atom. The Balaban J connectivity index is 1.82. The third kappa shape index (κ3) is 4.30. The third-order valence-corrected chi connectivity index (χ3v) is 4.61. The van der Waals surface area contributed by atoms with Gasteiger partial charge in [-0.25, -0.2) is 9.97 Å². The number of hydrogen-bond acceptors (Lipinski definition) is 6. The molecule has 9 heteroatoms. The van der Waals surface area contributed by atoms with Gasteiger partial charge in [0.2, 0.25) is 0 Å². The van der Waals surface area contributed by atoms with Crippen molar-refractivity contribution >= 4 is 11.8 Å². The molecule has 1 fully saturated rings. The van der Waals surface area contributed by atoms with Gasteiger partial charge >= 0.3 is 0 Å². The smallest absolute Gasteiger partial charge is 0.274 e. The number of piperidine rings is 1. The van der Waals surface area contributed by atoms with Gasteiger partial charge in [-0.1, -0.05) is 0 Å². The van der Waals surface area contributed by atoms with Gasteiger partial charge in [-0.3, -0.25) is 14.3 Å². The van der Waals surface area contributed by atoms with Crippen LogP contribution in [0.15, 0.2) is 24.7 Å². The molecule has 0 bridgehead atoms. The molecule has 0 radical (unpaired) electrons. The second kappa shape index (κ2) is 8.72. The Hall–Kier alpha value is -2.81. The van der Waals surface area contributed by atoms with Gasteiger partial charge < -0.3 is 15.0 Å². The summed E-state index contributed by atoms with van der Waals surface area (Å²) in [4.78, 5) is 35.7. The lowest BCUT2D eigenvalue weighted by molar-refractivity contribution is 0.0709. The molecule has 144 valence electrons. The van der Waals surface area contributed by atoms with E-state index in [2.05, 4.69) is 20.4 Å². The number of amides is 2. The van der Waals surface area contributed by atoms with E-state index in [0.717, 1.165) is 25.0 Å². The van der Waals surface area contributed by atoms with E-state index in [-0.39, 0.29) is 23.9 Å². The highest BCUT2D eigenvalue weighted by atomic mass is 16.5. The number of nitrogens with zero attached hydrogens (tertiary/aromatic N) is 5. The Morgan fingerprint density at radius 1 is 1.15 bits per heavy atom. The number of methoxy groups -OCH3 is 1. The lowest BCUT2D eigenvalue weighted by Gasteiger charge is -2.26. The summed E-state index contributed by atoms with van der Waals surface area (Å²) in [6.07, 6.45) is 7.53. The summed E-state index contributed by atoms with van der Waals surface area (Å²) in [6.45, 7) is 1.62. The zero-order valence-corrected chi connectivity index (χ0v) is 15.6. The highest BCUT2D eigenvalue weighted by Crippen LogP contribution is 2.16. The summed E-state index contributed by atoms with van der Waals surface area (Å²) in [7, 11) is 3.35. The molecular formula is C18H24N6O3. The van der Waals surface area contributed by atoms with Gasteiger partial charge in [0.15, 0.2) is 11.4 Å². The Morgan fingerprint density at radius 2 is 1.85 bits per heavy atom. The number of nitrogens with one attached hydrogen (secondary N) is 1. The van der Waals surface area contributed by atoms with E-state index in [1.165, 1.54) is 12.4 Å². The number of likely N-dealkylation sites (tertiary alicyclic amines) is 1. The molecule has 0 saturated carbocycles. The molecular weight excluding hydrogens is 348 g/mol. The Kier molecular flexibility index (Phi) is 6.12. The molecule has 1 N–H and O–H groups in total. The number of rotatable bonds is 6. The minimum atomic E-state index is -0.466. The predicted octanol–water partition coefficient (Wildman–Crippen LogP) is 0.954. The van der Waals surface area contributed by atoms with Crippen molar-refractivity contribution in [2.24, 2.45) is 7.05 Å². The van der Waals surface area contributed by atoms with Gasteiger partial charge in [0.25, 0.3) is 11.8 Å². The number of carbonyl (C=O) groups excluding carboxylic acids is 2. The summed E-state index contributed by atoms with van der Waals surface area (Å²) in [6, 6.07) is 1.38. The van der Waals surface area contributed by atoms with Crippen molar-refractivity contribution in [2.75, 3.05) is 26.8 Å². The van der Waals surface area contributed by atoms with Crippen LogP contribution >= 0.6 is 0 Å². The number of carbonyl (C=O) groups is 2. The van der Waals surface area contributed by atoms with Gasteiger partial charge in [-0.05, 0) is 25.3 Å². The molecule has 1 atom stereocenters. The molecule has 0 aliphatic carbocycles. The van der Waals surface area contributed by atoms with Crippen molar-refractivity contribution in [3.63, 3.8) is 0 Å². The lowest BCUT2D eigenvalue weighted by Crippen LogP contribution is -2.39. The van der Waals surface area contributed by atoms with E-state index >= 15 is 0 Å².